The van der Waals surface area contributed by atoms with E-state index < -0.39 is 0 Å². The summed E-state index contributed by atoms with van der Waals surface area (Å²) in [5, 5.41) is 0. The highest BCUT2D eigenvalue weighted by atomic mass is 79.9. The smallest absolute Gasteiger partial charge is 0.355 e. The number of hydrogen-bond acceptors (Lipinski definition) is 2. The quantitative estimate of drug-likeness (QED) is 0.204. The lowest BCUT2D eigenvalue weighted by molar-refractivity contribution is 1.28. The average molecular weight is 561 g/mol. The summed E-state index contributed by atoms with van der Waals surface area (Å²) in [5.41, 5.74) is 7.86. The Balaban J connectivity index is 0.000000442. The SMILES string of the molecule is BrB(Br)Br.C1=Cc2cc3ccc(cc4ccc(cc5nc(cc1n2)C=C5)[nH]4)[nH]3. The lowest BCUT2D eigenvalue weighted by Crippen LogP contribution is -1.77. The van der Waals surface area contributed by atoms with Gasteiger partial charge in [0.2, 0.25) is 0 Å². The van der Waals surface area contributed by atoms with Crippen molar-refractivity contribution in [2.75, 3.05) is 0 Å². The van der Waals surface area contributed by atoms with Crippen molar-refractivity contribution in [3.8, 4) is 0 Å². The molecule has 5 rings (SSSR count). The Morgan fingerprint density at radius 3 is 1.25 bits per heavy atom. The zero-order valence-electron chi connectivity index (χ0n) is 14.5. The van der Waals surface area contributed by atoms with E-state index in [1.807, 2.05) is 42.5 Å². The fraction of sp³-hybridized carbons (Fsp3) is 0. The van der Waals surface area contributed by atoms with Gasteiger partial charge in [0.05, 0.1) is 22.8 Å². The first-order chi connectivity index (χ1) is 13.5. The molecule has 3 aromatic rings. The second-order valence-electron chi connectivity index (χ2n) is 6.15. The van der Waals surface area contributed by atoms with E-state index in [1.54, 1.807) is 0 Å². The standard InChI is InChI=1S/C20H14N4.BBr3/c1-2-14-10-16-5-6-18(23-16)12-20-8-7-19(24-20)11-17-4-3-15(22-17)9-13(1)21-14;2-1(3)4/h1-12,21-22H;. The minimum atomic E-state index is 0.271. The number of fused-ring (bicyclic) bond motifs is 8. The number of halogens is 3. The number of hydrogen-bond donors (Lipinski definition) is 2. The first-order valence-electron chi connectivity index (χ1n) is 8.50. The molecule has 4 nitrogen and oxygen atoms in total. The van der Waals surface area contributed by atoms with Gasteiger partial charge in [0.1, 0.15) is 0 Å². The molecule has 0 aliphatic carbocycles. The highest BCUT2D eigenvalue weighted by molar-refractivity contribution is 9.69. The number of nitrogens with zero attached hydrogens (tertiary/aromatic N) is 2. The Bertz CT molecular complexity index is 1130. The van der Waals surface area contributed by atoms with Gasteiger partial charge in [-0.15, -0.1) is 47.3 Å². The summed E-state index contributed by atoms with van der Waals surface area (Å²) < 4.78 is 0.271. The Morgan fingerprint density at radius 1 is 0.536 bits per heavy atom. The van der Waals surface area contributed by atoms with Crippen LogP contribution in [0.3, 0.4) is 0 Å². The maximum atomic E-state index is 4.62. The summed E-state index contributed by atoms with van der Waals surface area (Å²) >= 11 is 9.31. The van der Waals surface area contributed by atoms with Gasteiger partial charge in [0.25, 0.3) is 0 Å². The van der Waals surface area contributed by atoms with Crippen molar-refractivity contribution < 1.29 is 0 Å². The van der Waals surface area contributed by atoms with E-state index in [9.17, 15) is 0 Å². The number of aromatic nitrogens is 4. The van der Waals surface area contributed by atoms with Crippen molar-refractivity contribution in [1.29, 1.82) is 0 Å². The molecule has 3 aromatic heterocycles. The summed E-state index contributed by atoms with van der Waals surface area (Å²) in [6, 6.07) is 16.4. The van der Waals surface area contributed by atoms with Crippen LogP contribution < -0.4 is 0 Å². The van der Waals surface area contributed by atoms with Crippen LogP contribution in [0, 0.1) is 0 Å². The molecule has 138 valence electrons. The number of rotatable bonds is 0. The molecule has 0 spiro atoms. The lowest BCUT2D eigenvalue weighted by atomic mass is 10.3. The van der Waals surface area contributed by atoms with E-state index in [2.05, 4.69) is 97.5 Å². The van der Waals surface area contributed by atoms with E-state index in [0.29, 0.717) is 0 Å². The Morgan fingerprint density at radius 2 is 0.857 bits per heavy atom. The van der Waals surface area contributed by atoms with Crippen LogP contribution in [0.25, 0.3) is 46.4 Å². The third-order valence-corrected chi connectivity index (χ3v) is 4.04. The summed E-state index contributed by atoms with van der Waals surface area (Å²) in [7, 11) is 0. The minimum Gasteiger partial charge on any atom is -0.355 e. The topological polar surface area (TPSA) is 57.4 Å². The van der Waals surface area contributed by atoms with Crippen molar-refractivity contribution in [1.82, 2.24) is 19.9 Å². The van der Waals surface area contributed by atoms with Crippen molar-refractivity contribution in [2.24, 2.45) is 0 Å². The fourth-order valence-corrected chi connectivity index (χ4v) is 2.94. The second-order valence-corrected chi connectivity index (χ2v) is 12.6. The van der Waals surface area contributed by atoms with Crippen LogP contribution >= 0.6 is 47.3 Å². The normalized spacial score (nSPS) is 11.8. The molecule has 2 aliphatic heterocycles. The molecule has 0 radical (unpaired) electrons. The molecule has 8 heteroatoms. The summed E-state index contributed by atoms with van der Waals surface area (Å²) in [6.45, 7) is 0. The van der Waals surface area contributed by atoms with E-state index in [0.717, 1.165) is 44.8 Å². The molecule has 0 atom stereocenters. The van der Waals surface area contributed by atoms with Crippen molar-refractivity contribution in [2.45, 2.75) is 0 Å². The summed E-state index contributed by atoms with van der Waals surface area (Å²) in [4.78, 5) is 16.0. The molecule has 0 unspecified atom stereocenters. The van der Waals surface area contributed by atoms with Gasteiger partial charge >= 0.3 is 3.18 Å². The van der Waals surface area contributed by atoms with Gasteiger partial charge in [-0.2, -0.15) is 0 Å². The van der Waals surface area contributed by atoms with Gasteiger partial charge < -0.3 is 9.97 Å². The molecular weight excluding hydrogens is 547 g/mol. The Labute approximate surface area is 187 Å². The minimum absolute atomic E-state index is 0.271. The van der Waals surface area contributed by atoms with Gasteiger partial charge in [0.15, 0.2) is 0 Å². The predicted molar refractivity (Wildman–Crippen MR) is 131 cm³/mol. The van der Waals surface area contributed by atoms with Crippen molar-refractivity contribution >= 4 is 96.8 Å². The molecule has 0 aromatic carbocycles. The number of aromatic amines is 2. The van der Waals surface area contributed by atoms with Crippen LogP contribution in [0.1, 0.15) is 22.8 Å². The monoisotopic (exact) mass is 558 g/mol. The third-order valence-electron chi connectivity index (χ3n) is 4.04. The van der Waals surface area contributed by atoms with Crippen LogP contribution in [0.4, 0.5) is 0 Å². The van der Waals surface area contributed by atoms with Gasteiger partial charge in [-0.05, 0) is 72.8 Å². The van der Waals surface area contributed by atoms with Crippen LogP contribution in [0.15, 0.2) is 48.5 Å². The largest absolute Gasteiger partial charge is 0.369 e. The number of nitrogens with one attached hydrogen (secondary N) is 2. The zero-order valence-corrected chi connectivity index (χ0v) is 19.3. The number of H-pyrrole nitrogens is 2. The summed E-state index contributed by atoms with van der Waals surface area (Å²) in [6.07, 6.45) is 8.05. The third kappa shape index (κ3) is 5.13. The Hall–Kier alpha value is -1.90. The first-order valence-corrected chi connectivity index (χ1v) is 11.2. The zero-order chi connectivity index (χ0) is 19.5. The highest BCUT2D eigenvalue weighted by Crippen LogP contribution is 2.17. The first kappa shape index (κ1) is 19.4. The summed E-state index contributed by atoms with van der Waals surface area (Å²) in [5.74, 6) is 0. The van der Waals surface area contributed by atoms with Gasteiger partial charge in [-0.1, -0.05) is 0 Å². The van der Waals surface area contributed by atoms with E-state index in [-0.39, 0.29) is 3.18 Å². The molecule has 0 saturated heterocycles. The maximum absolute atomic E-state index is 4.62. The molecule has 0 saturated carbocycles. The molecule has 8 bridgehead atoms. The molecule has 2 aliphatic rings. The van der Waals surface area contributed by atoms with Gasteiger partial charge in [-0.3, -0.25) is 0 Å². The molecule has 0 amide bonds. The van der Waals surface area contributed by atoms with Crippen LogP contribution in [0.2, 0.25) is 0 Å². The highest BCUT2D eigenvalue weighted by Gasteiger charge is 2.02. The molecule has 5 heterocycles. The lowest BCUT2D eigenvalue weighted by Gasteiger charge is -1.86. The van der Waals surface area contributed by atoms with Crippen LogP contribution in [-0.2, 0) is 0 Å². The second kappa shape index (κ2) is 8.63. The fourth-order valence-electron chi connectivity index (χ4n) is 2.94. The van der Waals surface area contributed by atoms with E-state index in [4.69, 9.17) is 0 Å². The molecule has 0 fully saturated rings. The molecular formula is C20H14BBr3N4. The van der Waals surface area contributed by atoms with Gasteiger partial charge in [0, 0.05) is 22.1 Å². The predicted octanol–water partition coefficient (Wildman–Crippen LogP) is 6.81. The van der Waals surface area contributed by atoms with Crippen LogP contribution in [0.5, 0.6) is 0 Å². The van der Waals surface area contributed by atoms with Gasteiger partial charge in [-0.25, -0.2) is 9.97 Å². The molecule has 2 N–H and O–H groups in total. The molecule has 28 heavy (non-hydrogen) atoms. The van der Waals surface area contributed by atoms with E-state index >= 15 is 0 Å². The van der Waals surface area contributed by atoms with Crippen LogP contribution in [-0.4, -0.2) is 23.1 Å². The maximum Gasteiger partial charge on any atom is 0.369 e. The average Bonchev–Trinajstić information content (AvgIpc) is 3.39. The van der Waals surface area contributed by atoms with Crippen molar-refractivity contribution in [3.05, 3.63) is 71.3 Å². The van der Waals surface area contributed by atoms with E-state index in [1.165, 1.54) is 0 Å². The van der Waals surface area contributed by atoms with Crippen molar-refractivity contribution in [3.63, 3.8) is 0 Å². The Kier molecular flexibility index (Phi) is 5.99.